The molecule has 0 unspecified atom stereocenters. The summed E-state index contributed by atoms with van der Waals surface area (Å²) in [5, 5.41) is 14.4. The van der Waals surface area contributed by atoms with Crippen molar-refractivity contribution >= 4 is 39.1 Å². The molecule has 42 heavy (non-hydrogen) atoms. The molecular formula is C28H21F4N3O5S2. The predicted molar refractivity (Wildman–Crippen MR) is 150 cm³/mol. The summed E-state index contributed by atoms with van der Waals surface area (Å²) in [5.41, 5.74) is -0.0953. The van der Waals surface area contributed by atoms with Gasteiger partial charge in [0.05, 0.1) is 15.4 Å². The van der Waals surface area contributed by atoms with Gasteiger partial charge in [-0.05, 0) is 59.7 Å². The highest BCUT2D eigenvalue weighted by atomic mass is 32.2. The summed E-state index contributed by atoms with van der Waals surface area (Å²) in [7, 11) is -4.51. The number of hydrogen-bond donors (Lipinski definition) is 2. The van der Waals surface area contributed by atoms with E-state index >= 15 is 0 Å². The second-order valence-corrected chi connectivity index (χ2v) is 11.5. The number of nitrogens with zero attached hydrogens (tertiary/aromatic N) is 1. The normalized spacial score (nSPS) is 11.6. The van der Waals surface area contributed by atoms with Crippen LogP contribution in [-0.4, -0.2) is 31.5 Å². The lowest BCUT2D eigenvalue weighted by Crippen LogP contribution is -2.30. The van der Waals surface area contributed by atoms with Crippen LogP contribution < -0.4 is 10.0 Å². The molecule has 0 radical (unpaired) electrons. The van der Waals surface area contributed by atoms with Gasteiger partial charge >= 0.3 is 6.18 Å². The molecule has 0 aliphatic rings. The van der Waals surface area contributed by atoms with Crippen molar-refractivity contribution in [1.29, 1.82) is 0 Å². The van der Waals surface area contributed by atoms with E-state index in [0.29, 0.717) is 11.1 Å². The van der Waals surface area contributed by atoms with Gasteiger partial charge in [0.2, 0.25) is 0 Å². The summed E-state index contributed by atoms with van der Waals surface area (Å²) in [6.07, 6.45) is -4.53. The minimum atomic E-state index is -4.53. The van der Waals surface area contributed by atoms with Gasteiger partial charge in [-0.1, -0.05) is 36.4 Å². The summed E-state index contributed by atoms with van der Waals surface area (Å²) in [6, 6.07) is 19.5. The number of carbonyl (C=O) groups excluding carboxylic acids is 1. The van der Waals surface area contributed by atoms with Crippen LogP contribution in [-0.2, 0) is 16.2 Å². The fraction of sp³-hybridized carbons (Fsp3) is 0.107. The Labute approximate surface area is 242 Å². The van der Waals surface area contributed by atoms with Crippen LogP contribution in [0.5, 0.6) is 0 Å². The first-order chi connectivity index (χ1) is 19.8. The van der Waals surface area contributed by atoms with Crippen molar-refractivity contribution in [2.24, 2.45) is 0 Å². The molecule has 4 aromatic rings. The molecule has 0 aliphatic heterocycles. The predicted octanol–water partition coefficient (Wildman–Crippen LogP) is 6.74. The number of benzene rings is 4. The summed E-state index contributed by atoms with van der Waals surface area (Å²) in [5.74, 6) is -1.25. The van der Waals surface area contributed by atoms with E-state index in [9.17, 15) is 40.9 Å². The van der Waals surface area contributed by atoms with Crippen molar-refractivity contribution < 1.29 is 35.7 Å². The topological polar surface area (TPSA) is 118 Å². The van der Waals surface area contributed by atoms with Crippen molar-refractivity contribution in [3.05, 3.63) is 118 Å². The molecule has 4 rings (SSSR count). The van der Waals surface area contributed by atoms with Gasteiger partial charge in [0, 0.05) is 28.8 Å². The van der Waals surface area contributed by atoms with E-state index in [1.807, 2.05) is 4.72 Å². The SMILES string of the molecule is O=C(NS(=O)(=O)c1ccc(NCCSc2ccccc2C(F)(F)F)c([N+](=O)[O-])c1)c1ccc(-c2ccc(F)cc2)cc1. The van der Waals surface area contributed by atoms with E-state index in [-0.39, 0.29) is 28.4 Å². The number of alkyl halides is 3. The second kappa shape index (κ2) is 12.6. The molecule has 2 N–H and O–H groups in total. The van der Waals surface area contributed by atoms with E-state index in [1.54, 1.807) is 24.3 Å². The Hall–Kier alpha value is -4.43. The van der Waals surface area contributed by atoms with Crippen molar-refractivity contribution in [3.63, 3.8) is 0 Å². The molecule has 0 fully saturated rings. The molecular weight excluding hydrogens is 598 g/mol. The van der Waals surface area contributed by atoms with E-state index in [4.69, 9.17) is 0 Å². The maximum Gasteiger partial charge on any atom is 0.417 e. The standard InChI is InChI=1S/C28H21F4N3O5S2/c29-21-11-9-19(10-12-21)18-5-7-20(8-6-18)27(36)34-42(39,40)22-13-14-24(25(17-22)35(37)38)33-15-16-41-26-4-2-1-3-23(26)28(30,31)32/h1-14,17,33H,15-16H2,(H,34,36). The van der Waals surface area contributed by atoms with Crippen LogP contribution in [0.25, 0.3) is 11.1 Å². The van der Waals surface area contributed by atoms with Crippen LogP contribution in [0.3, 0.4) is 0 Å². The first-order valence-corrected chi connectivity index (χ1v) is 14.6. The number of nitro groups is 1. The Kier molecular flexibility index (Phi) is 9.17. The van der Waals surface area contributed by atoms with Gasteiger partial charge in [-0.2, -0.15) is 13.2 Å². The highest BCUT2D eigenvalue weighted by Crippen LogP contribution is 2.36. The lowest BCUT2D eigenvalue weighted by molar-refractivity contribution is -0.384. The molecule has 0 heterocycles. The molecule has 0 atom stereocenters. The van der Waals surface area contributed by atoms with Gasteiger partial charge in [0.25, 0.3) is 21.6 Å². The number of sulfonamides is 1. The Morgan fingerprint density at radius 2 is 1.52 bits per heavy atom. The third-order valence-corrected chi connectivity index (χ3v) is 8.30. The third kappa shape index (κ3) is 7.44. The Morgan fingerprint density at radius 1 is 0.905 bits per heavy atom. The second-order valence-electron chi connectivity index (χ2n) is 8.72. The van der Waals surface area contributed by atoms with Crippen molar-refractivity contribution in [2.45, 2.75) is 16.0 Å². The van der Waals surface area contributed by atoms with Crippen LogP contribution in [0.1, 0.15) is 15.9 Å². The van der Waals surface area contributed by atoms with Crippen LogP contribution in [0.15, 0.2) is 101 Å². The number of nitro benzene ring substituents is 1. The number of carbonyl (C=O) groups is 1. The third-order valence-electron chi connectivity index (χ3n) is 5.90. The highest BCUT2D eigenvalue weighted by molar-refractivity contribution is 7.99. The average Bonchev–Trinajstić information content (AvgIpc) is 2.95. The Morgan fingerprint density at radius 3 is 2.14 bits per heavy atom. The molecule has 0 spiro atoms. The van der Waals surface area contributed by atoms with Gasteiger partial charge in [-0.25, -0.2) is 17.5 Å². The quantitative estimate of drug-likeness (QED) is 0.0663. The highest BCUT2D eigenvalue weighted by Gasteiger charge is 2.33. The van der Waals surface area contributed by atoms with Gasteiger partial charge in [-0.15, -0.1) is 11.8 Å². The summed E-state index contributed by atoms with van der Waals surface area (Å²) >= 11 is 0.909. The van der Waals surface area contributed by atoms with Crippen molar-refractivity contribution in [2.75, 3.05) is 17.6 Å². The maximum absolute atomic E-state index is 13.2. The number of thioether (sulfide) groups is 1. The molecule has 218 valence electrons. The van der Waals surface area contributed by atoms with Gasteiger partial charge in [0.1, 0.15) is 11.5 Å². The van der Waals surface area contributed by atoms with Crippen LogP contribution in [0, 0.1) is 15.9 Å². The number of amides is 1. The minimum Gasteiger partial charge on any atom is -0.379 e. The zero-order valence-corrected chi connectivity index (χ0v) is 23.0. The van der Waals surface area contributed by atoms with Gasteiger partial charge in [0.15, 0.2) is 0 Å². The molecule has 0 saturated carbocycles. The molecule has 4 aromatic carbocycles. The molecule has 1 amide bonds. The molecule has 0 aliphatic carbocycles. The number of nitrogens with one attached hydrogen (secondary N) is 2. The zero-order chi connectivity index (χ0) is 30.5. The summed E-state index contributed by atoms with van der Waals surface area (Å²) in [4.78, 5) is 22.9. The smallest absolute Gasteiger partial charge is 0.379 e. The first kappa shape index (κ1) is 30.5. The van der Waals surface area contributed by atoms with E-state index in [0.717, 1.165) is 36.0 Å². The zero-order valence-electron chi connectivity index (χ0n) is 21.4. The number of anilines is 1. The average molecular weight is 620 g/mol. The van der Waals surface area contributed by atoms with E-state index < -0.39 is 49.0 Å². The number of halogens is 4. The van der Waals surface area contributed by atoms with Gasteiger partial charge in [-0.3, -0.25) is 14.9 Å². The largest absolute Gasteiger partial charge is 0.417 e. The lowest BCUT2D eigenvalue weighted by atomic mass is 10.0. The van der Waals surface area contributed by atoms with E-state index in [1.165, 1.54) is 42.5 Å². The monoisotopic (exact) mass is 619 g/mol. The maximum atomic E-state index is 13.2. The Bertz CT molecular complexity index is 1710. The molecule has 0 saturated heterocycles. The first-order valence-electron chi connectivity index (χ1n) is 12.1. The Balaban J connectivity index is 1.42. The number of hydrogen-bond acceptors (Lipinski definition) is 7. The fourth-order valence-electron chi connectivity index (χ4n) is 3.85. The summed E-state index contributed by atoms with van der Waals surface area (Å²) in [6.45, 7) is 0.0362. The molecule has 0 bridgehead atoms. The lowest BCUT2D eigenvalue weighted by Gasteiger charge is -2.13. The van der Waals surface area contributed by atoms with Crippen molar-refractivity contribution in [3.8, 4) is 11.1 Å². The van der Waals surface area contributed by atoms with E-state index in [2.05, 4.69) is 5.32 Å². The van der Waals surface area contributed by atoms with Gasteiger partial charge < -0.3 is 5.32 Å². The van der Waals surface area contributed by atoms with Crippen LogP contribution >= 0.6 is 11.8 Å². The molecule has 14 heteroatoms. The van der Waals surface area contributed by atoms with Crippen molar-refractivity contribution in [1.82, 2.24) is 4.72 Å². The van der Waals surface area contributed by atoms with Crippen LogP contribution in [0.2, 0.25) is 0 Å². The number of rotatable bonds is 10. The minimum absolute atomic E-state index is 0.00168. The fourth-order valence-corrected chi connectivity index (χ4v) is 5.78. The molecule has 0 aromatic heterocycles. The summed E-state index contributed by atoms with van der Waals surface area (Å²) < 4.78 is 80.2. The molecule has 8 nitrogen and oxygen atoms in total. The van der Waals surface area contributed by atoms with Crippen LogP contribution in [0.4, 0.5) is 28.9 Å².